The maximum absolute atomic E-state index is 12.4. The van der Waals surface area contributed by atoms with Gasteiger partial charge in [-0.15, -0.1) is 11.6 Å². The maximum atomic E-state index is 12.4. The zero-order chi connectivity index (χ0) is 10.1. The molecule has 0 amide bonds. The van der Waals surface area contributed by atoms with Gasteiger partial charge in [0.25, 0.3) is 0 Å². The van der Waals surface area contributed by atoms with E-state index < -0.39 is 17.0 Å². The summed E-state index contributed by atoms with van der Waals surface area (Å²) in [7, 11) is 0. The molecule has 0 radical (unpaired) electrons. The van der Waals surface area contributed by atoms with E-state index in [9.17, 15) is 13.2 Å². The third kappa shape index (κ3) is 1.56. The topological polar surface area (TPSA) is 23.8 Å². The summed E-state index contributed by atoms with van der Waals surface area (Å²) in [6, 6.07) is 1.51. The van der Waals surface area contributed by atoms with Crippen LogP contribution in [-0.2, 0) is 0 Å². The van der Waals surface area contributed by atoms with Gasteiger partial charge in [0.1, 0.15) is 0 Å². The maximum Gasteiger partial charge on any atom is 0.412 e. The number of alkyl halides is 4. The van der Waals surface area contributed by atoms with Gasteiger partial charge in [0, 0.05) is 0 Å². The van der Waals surface area contributed by atoms with Gasteiger partial charge in [0.2, 0.25) is 0 Å². The Morgan fingerprint density at radius 2 is 2.00 bits per heavy atom. The molecule has 1 aliphatic carbocycles. The molecule has 1 aliphatic rings. The Morgan fingerprint density at radius 1 is 1.38 bits per heavy atom. The zero-order valence-corrected chi connectivity index (χ0v) is 7.10. The van der Waals surface area contributed by atoms with Gasteiger partial charge in [0.05, 0.1) is 12.0 Å². The molecule has 0 N–H and O–H groups in total. The van der Waals surface area contributed by atoms with Crippen LogP contribution in [0.4, 0.5) is 13.2 Å². The third-order valence-electron chi connectivity index (χ3n) is 1.78. The van der Waals surface area contributed by atoms with Crippen molar-refractivity contribution < 1.29 is 13.2 Å². The van der Waals surface area contributed by atoms with E-state index in [0.29, 0.717) is 0 Å². The molecule has 70 valence electrons. The smallest absolute Gasteiger partial charge is 0.198 e. The Balaban J connectivity index is 3.09. The van der Waals surface area contributed by atoms with Crippen LogP contribution >= 0.6 is 11.6 Å². The summed E-state index contributed by atoms with van der Waals surface area (Å²) in [6.45, 7) is 0. The molecule has 0 saturated heterocycles. The van der Waals surface area contributed by atoms with Crippen molar-refractivity contribution in [2.45, 2.75) is 11.1 Å². The van der Waals surface area contributed by atoms with E-state index in [0.717, 1.165) is 12.2 Å². The largest absolute Gasteiger partial charge is 0.412 e. The predicted octanol–water partition coefficient (Wildman–Crippen LogP) is 2.79. The highest BCUT2D eigenvalue weighted by Crippen LogP contribution is 2.44. The molecular weight excluding hydrogens is 203 g/mol. The summed E-state index contributed by atoms with van der Waals surface area (Å²) in [5, 5.41) is 8.47. The molecule has 0 aromatic carbocycles. The molecule has 5 heteroatoms. The minimum Gasteiger partial charge on any atom is -0.198 e. The van der Waals surface area contributed by atoms with Crippen molar-refractivity contribution in [1.82, 2.24) is 0 Å². The van der Waals surface area contributed by atoms with Crippen LogP contribution in [0.1, 0.15) is 0 Å². The van der Waals surface area contributed by atoms with Crippen LogP contribution in [0, 0.1) is 17.2 Å². The van der Waals surface area contributed by atoms with Gasteiger partial charge in [-0.25, -0.2) is 0 Å². The monoisotopic (exact) mass is 207 g/mol. The molecule has 2 unspecified atom stereocenters. The standard InChI is InChI=1S/C8H5ClF3N/c9-7(8(10,11)12)4-2-1-3-6(7)5-13/h1-4,6H. The van der Waals surface area contributed by atoms with E-state index in [4.69, 9.17) is 16.9 Å². The molecule has 0 aliphatic heterocycles. The van der Waals surface area contributed by atoms with Crippen LogP contribution in [0.3, 0.4) is 0 Å². The number of rotatable bonds is 0. The third-order valence-corrected chi connectivity index (χ3v) is 2.35. The molecule has 1 nitrogen and oxygen atoms in total. The summed E-state index contributed by atoms with van der Waals surface area (Å²) in [6.07, 6.45) is -0.117. The predicted molar refractivity (Wildman–Crippen MR) is 42.0 cm³/mol. The molecule has 0 saturated carbocycles. The Kier molecular flexibility index (Phi) is 2.40. The van der Waals surface area contributed by atoms with E-state index >= 15 is 0 Å². The van der Waals surface area contributed by atoms with Gasteiger partial charge in [-0.05, 0) is 0 Å². The lowest BCUT2D eigenvalue weighted by molar-refractivity contribution is -0.155. The average molecular weight is 208 g/mol. The Hall–Kier alpha value is -0.950. The molecule has 0 aromatic heterocycles. The zero-order valence-electron chi connectivity index (χ0n) is 6.35. The molecule has 2 atom stereocenters. The molecule has 0 aromatic rings. The summed E-state index contributed by atoms with van der Waals surface area (Å²) in [4.78, 5) is -2.57. The first-order valence-electron chi connectivity index (χ1n) is 3.43. The minimum atomic E-state index is -4.61. The molecule has 0 heterocycles. The second-order valence-electron chi connectivity index (χ2n) is 2.62. The molecule has 0 bridgehead atoms. The molecule has 0 fully saturated rings. The Morgan fingerprint density at radius 3 is 2.38 bits per heavy atom. The number of allylic oxidation sites excluding steroid dienone is 4. The normalized spacial score (nSPS) is 33.0. The van der Waals surface area contributed by atoms with Gasteiger partial charge < -0.3 is 0 Å². The highest BCUT2D eigenvalue weighted by Gasteiger charge is 2.57. The van der Waals surface area contributed by atoms with Gasteiger partial charge in [0.15, 0.2) is 4.87 Å². The first-order valence-corrected chi connectivity index (χ1v) is 3.81. The van der Waals surface area contributed by atoms with E-state index in [2.05, 4.69) is 0 Å². The van der Waals surface area contributed by atoms with Crippen LogP contribution < -0.4 is 0 Å². The first kappa shape index (κ1) is 10.1. The van der Waals surface area contributed by atoms with Crippen molar-refractivity contribution in [3.05, 3.63) is 24.3 Å². The lowest BCUT2D eigenvalue weighted by Gasteiger charge is -2.30. The Bertz CT molecular complexity index is 299. The first-order chi connectivity index (χ1) is 5.92. The fourth-order valence-corrected chi connectivity index (χ4v) is 1.22. The van der Waals surface area contributed by atoms with Crippen molar-refractivity contribution in [2.24, 2.45) is 5.92 Å². The average Bonchev–Trinajstić information content (AvgIpc) is 2.03. The van der Waals surface area contributed by atoms with E-state index in [1.165, 1.54) is 18.2 Å². The van der Waals surface area contributed by atoms with Gasteiger partial charge >= 0.3 is 6.18 Å². The molecular formula is C8H5ClF3N. The van der Waals surface area contributed by atoms with E-state index in [-0.39, 0.29) is 0 Å². The SMILES string of the molecule is N#CC1C=CC=CC1(Cl)C(F)(F)F. The molecule has 1 rings (SSSR count). The van der Waals surface area contributed by atoms with Crippen LogP contribution in [0.15, 0.2) is 24.3 Å². The highest BCUT2D eigenvalue weighted by atomic mass is 35.5. The van der Waals surface area contributed by atoms with Crippen LogP contribution in [0.5, 0.6) is 0 Å². The van der Waals surface area contributed by atoms with Crippen molar-refractivity contribution in [3.8, 4) is 6.07 Å². The second kappa shape index (κ2) is 3.08. The fourth-order valence-electron chi connectivity index (χ4n) is 1.02. The van der Waals surface area contributed by atoms with Gasteiger partial charge in [-0.3, -0.25) is 0 Å². The molecule has 0 spiro atoms. The Labute approximate surface area is 78.1 Å². The van der Waals surface area contributed by atoms with Crippen molar-refractivity contribution in [2.75, 3.05) is 0 Å². The summed E-state index contributed by atoms with van der Waals surface area (Å²) in [5.74, 6) is -1.36. The fraction of sp³-hybridized carbons (Fsp3) is 0.375. The number of halogens is 4. The lowest BCUT2D eigenvalue weighted by Crippen LogP contribution is -2.44. The van der Waals surface area contributed by atoms with Crippen LogP contribution in [-0.4, -0.2) is 11.1 Å². The number of hydrogen-bond donors (Lipinski definition) is 0. The van der Waals surface area contributed by atoms with Gasteiger partial charge in [-0.2, -0.15) is 18.4 Å². The van der Waals surface area contributed by atoms with E-state index in [1.807, 2.05) is 0 Å². The van der Waals surface area contributed by atoms with Crippen molar-refractivity contribution in [1.29, 1.82) is 5.26 Å². The van der Waals surface area contributed by atoms with Crippen molar-refractivity contribution >= 4 is 11.6 Å². The van der Waals surface area contributed by atoms with Crippen LogP contribution in [0.2, 0.25) is 0 Å². The molecule has 13 heavy (non-hydrogen) atoms. The summed E-state index contributed by atoms with van der Waals surface area (Å²) in [5.41, 5.74) is 0. The van der Waals surface area contributed by atoms with Crippen molar-refractivity contribution in [3.63, 3.8) is 0 Å². The minimum absolute atomic E-state index is 0.794. The summed E-state index contributed by atoms with van der Waals surface area (Å²) >= 11 is 5.33. The van der Waals surface area contributed by atoms with Gasteiger partial charge in [-0.1, -0.05) is 24.3 Å². The quantitative estimate of drug-likeness (QED) is 0.561. The van der Waals surface area contributed by atoms with E-state index in [1.54, 1.807) is 0 Å². The second-order valence-corrected chi connectivity index (χ2v) is 3.24. The lowest BCUT2D eigenvalue weighted by atomic mass is 9.88. The van der Waals surface area contributed by atoms with Crippen LogP contribution in [0.25, 0.3) is 0 Å². The number of hydrogen-bond acceptors (Lipinski definition) is 1. The number of nitriles is 1. The summed E-state index contributed by atoms with van der Waals surface area (Å²) < 4.78 is 37.2. The number of nitrogens with zero attached hydrogens (tertiary/aromatic N) is 1. The highest BCUT2D eigenvalue weighted by molar-refractivity contribution is 6.26.